The first-order valence-corrected chi connectivity index (χ1v) is 7.77. The number of nitrogens with zero attached hydrogens (tertiary/aromatic N) is 2. The molecule has 1 aliphatic carbocycles. The standard InChI is InChI=1S/C17H23N3/c1-13-5-4-6-14(11-13)9-10-18-17-16-8-3-2-7-15(16)12-19-20-17/h2-3,7-8,12-14H,4-6,9-11H2,1H3,(H,18,20). The van der Waals surface area contributed by atoms with Crippen LogP contribution in [-0.2, 0) is 0 Å². The number of rotatable bonds is 4. The van der Waals surface area contributed by atoms with E-state index in [4.69, 9.17) is 0 Å². The molecule has 2 aromatic rings. The lowest BCUT2D eigenvalue weighted by Gasteiger charge is -2.26. The van der Waals surface area contributed by atoms with Gasteiger partial charge < -0.3 is 5.32 Å². The predicted octanol–water partition coefficient (Wildman–Crippen LogP) is 4.26. The highest BCUT2D eigenvalue weighted by atomic mass is 15.2. The van der Waals surface area contributed by atoms with Gasteiger partial charge in [0.25, 0.3) is 0 Å². The lowest BCUT2D eigenvalue weighted by molar-refractivity contribution is 0.274. The Balaban J connectivity index is 1.60. The predicted molar refractivity (Wildman–Crippen MR) is 83.8 cm³/mol. The summed E-state index contributed by atoms with van der Waals surface area (Å²) < 4.78 is 0. The van der Waals surface area contributed by atoms with Crippen molar-refractivity contribution in [3.63, 3.8) is 0 Å². The normalized spacial score (nSPS) is 22.9. The fourth-order valence-corrected chi connectivity index (χ4v) is 3.38. The number of anilines is 1. The smallest absolute Gasteiger partial charge is 0.156 e. The Morgan fingerprint density at radius 1 is 1.25 bits per heavy atom. The summed E-state index contributed by atoms with van der Waals surface area (Å²) in [5.74, 6) is 2.72. The Kier molecular flexibility index (Phi) is 4.14. The average Bonchev–Trinajstić information content (AvgIpc) is 2.48. The van der Waals surface area contributed by atoms with Crippen LogP contribution in [0.3, 0.4) is 0 Å². The van der Waals surface area contributed by atoms with E-state index >= 15 is 0 Å². The number of hydrogen-bond donors (Lipinski definition) is 1. The van der Waals surface area contributed by atoms with E-state index in [0.29, 0.717) is 0 Å². The van der Waals surface area contributed by atoms with Crippen LogP contribution in [0.1, 0.15) is 39.0 Å². The van der Waals surface area contributed by atoms with Crippen molar-refractivity contribution in [1.29, 1.82) is 0 Å². The molecule has 1 fully saturated rings. The maximum absolute atomic E-state index is 4.24. The van der Waals surface area contributed by atoms with Gasteiger partial charge in [0, 0.05) is 17.3 Å². The lowest BCUT2D eigenvalue weighted by atomic mass is 9.81. The van der Waals surface area contributed by atoms with E-state index < -0.39 is 0 Å². The monoisotopic (exact) mass is 269 g/mol. The molecule has 20 heavy (non-hydrogen) atoms. The molecule has 0 amide bonds. The number of nitrogens with one attached hydrogen (secondary N) is 1. The van der Waals surface area contributed by atoms with E-state index in [-0.39, 0.29) is 0 Å². The van der Waals surface area contributed by atoms with Gasteiger partial charge in [-0.3, -0.25) is 0 Å². The lowest BCUT2D eigenvalue weighted by Crippen LogP contribution is -2.17. The highest BCUT2D eigenvalue weighted by Gasteiger charge is 2.18. The third-order valence-corrected chi connectivity index (χ3v) is 4.46. The minimum Gasteiger partial charge on any atom is -0.368 e. The Morgan fingerprint density at radius 2 is 2.15 bits per heavy atom. The van der Waals surface area contributed by atoms with Gasteiger partial charge >= 0.3 is 0 Å². The van der Waals surface area contributed by atoms with Crippen molar-refractivity contribution in [3.8, 4) is 0 Å². The minimum absolute atomic E-state index is 0.884. The quantitative estimate of drug-likeness (QED) is 0.901. The first-order valence-electron chi connectivity index (χ1n) is 7.77. The molecule has 1 aliphatic rings. The summed E-state index contributed by atoms with van der Waals surface area (Å²) in [6, 6.07) is 8.28. The number of hydrogen-bond acceptors (Lipinski definition) is 3. The highest BCUT2D eigenvalue weighted by Crippen LogP contribution is 2.30. The van der Waals surface area contributed by atoms with Gasteiger partial charge in [-0.2, -0.15) is 5.10 Å². The third kappa shape index (κ3) is 3.09. The molecule has 3 rings (SSSR count). The van der Waals surface area contributed by atoms with E-state index in [0.717, 1.165) is 29.6 Å². The largest absolute Gasteiger partial charge is 0.368 e. The summed E-state index contributed by atoms with van der Waals surface area (Å²) in [7, 11) is 0. The molecule has 0 saturated heterocycles. The molecule has 3 heteroatoms. The van der Waals surface area contributed by atoms with Crippen LogP contribution in [0, 0.1) is 11.8 Å². The van der Waals surface area contributed by atoms with Crippen molar-refractivity contribution >= 4 is 16.6 Å². The average molecular weight is 269 g/mol. The molecule has 1 saturated carbocycles. The van der Waals surface area contributed by atoms with Gasteiger partial charge in [-0.05, 0) is 24.7 Å². The van der Waals surface area contributed by atoms with E-state index in [1.807, 2.05) is 12.3 Å². The summed E-state index contributed by atoms with van der Waals surface area (Å²) in [5.41, 5.74) is 0. The van der Waals surface area contributed by atoms with Crippen molar-refractivity contribution in [2.75, 3.05) is 11.9 Å². The molecule has 106 valence electrons. The SMILES string of the molecule is CC1CCCC(CCNc2nncc3ccccc23)C1. The van der Waals surface area contributed by atoms with Gasteiger partial charge in [0.2, 0.25) is 0 Å². The molecule has 0 spiro atoms. The maximum Gasteiger partial charge on any atom is 0.156 e. The molecule has 1 heterocycles. The van der Waals surface area contributed by atoms with Crippen LogP contribution in [0.4, 0.5) is 5.82 Å². The topological polar surface area (TPSA) is 37.8 Å². The summed E-state index contributed by atoms with van der Waals surface area (Å²) in [6.07, 6.45) is 8.67. The second kappa shape index (κ2) is 6.21. The zero-order valence-electron chi connectivity index (χ0n) is 12.2. The van der Waals surface area contributed by atoms with Gasteiger partial charge in [-0.15, -0.1) is 5.10 Å². The van der Waals surface area contributed by atoms with Gasteiger partial charge in [0.05, 0.1) is 6.20 Å². The molecule has 2 unspecified atom stereocenters. The number of aromatic nitrogens is 2. The van der Waals surface area contributed by atoms with Crippen molar-refractivity contribution in [3.05, 3.63) is 30.5 Å². The van der Waals surface area contributed by atoms with E-state index in [1.165, 1.54) is 37.5 Å². The van der Waals surface area contributed by atoms with E-state index in [9.17, 15) is 0 Å². The summed E-state index contributed by atoms with van der Waals surface area (Å²) >= 11 is 0. The van der Waals surface area contributed by atoms with Crippen LogP contribution >= 0.6 is 0 Å². The van der Waals surface area contributed by atoms with Crippen LogP contribution in [0.5, 0.6) is 0 Å². The van der Waals surface area contributed by atoms with Gasteiger partial charge in [-0.1, -0.05) is 50.5 Å². The second-order valence-corrected chi connectivity index (χ2v) is 6.13. The van der Waals surface area contributed by atoms with Crippen LogP contribution in [-0.4, -0.2) is 16.7 Å². The molecule has 0 bridgehead atoms. The Labute approximate surface area is 120 Å². The number of fused-ring (bicyclic) bond motifs is 1. The van der Waals surface area contributed by atoms with Gasteiger partial charge in [-0.25, -0.2) is 0 Å². The molecule has 0 aliphatic heterocycles. The van der Waals surface area contributed by atoms with E-state index in [1.54, 1.807) is 0 Å². The Morgan fingerprint density at radius 3 is 3.05 bits per heavy atom. The molecule has 1 aromatic heterocycles. The number of benzene rings is 1. The molecule has 2 atom stereocenters. The molecule has 3 nitrogen and oxygen atoms in total. The van der Waals surface area contributed by atoms with Crippen LogP contribution in [0.25, 0.3) is 10.8 Å². The van der Waals surface area contributed by atoms with E-state index in [2.05, 4.69) is 40.6 Å². The first-order chi connectivity index (χ1) is 9.83. The van der Waals surface area contributed by atoms with Crippen LogP contribution < -0.4 is 5.32 Å². The fourth-order valence-electron chi connectivity index (χ4n) is 3.38. The van der Waals surface area contributed by atoms with Crippen molar-refractivity contribution in [2.24, 2.45) is 11.8 Å². The highest BCUT2D eigenvalue weighted by molar-refractivity contribution is 5.90. The molecule has 0 radical (unpaired) electrons. The zero-order valence-corrected chi connectivity index (χ0v) is 12.2. The second-order valence-electron chi connectivity index (χ2n) is 6.13. The van der Waals surface area contributed by atoms with Crippen LogP contribution in [0.15, 0.2) is 30.5 Å². The third-order valence-electron chi connectivity index (χ3n) is 4.46. The maximum atomic E-state index is 4.24. The molecular formula is C17H23N3. The molecule has 1 N–H and O–H groups in total. The van der Waals surface area contributed by atoms with Crippen molar-refractivity contribution < 1.29 is 0 Å². The van der Waals surface area contributed by atoms with Gasteiger partial charge in [0.1, 0.15) is 0 Å². The van der Waals surface area contributed by atoms with Crippen molar-refractivity contribution in [2.45, 2.75) is 39.0 Å². The summed E-state index contributed by atoms with van der Waals surface area (Å²) in [5, 5.41) is 14.1. The van der Waals surface area contributed by atoms with Crippen LogP contribution in [0.2, 0.25) is 0 Å². The minimum atomic E-state index is 0.884. The molecule has 1 aromatic carbocycles. The Bertz CT molecular complexity index is 562. The van der Waals surface area contributed by atoms with Crippen molar-refractivity contribution in [1.82, 2.24) is 10.2 Å². The first kappa shape index (κ1) is 13.3. The Hall–Kier alpha value is -1.64. The van der Waals surface area contributed by atoms with Gasteiger partial charge in [0.15, 0.2) is 5.82 Å². The summed E-state index contributed by atoms with van der Waals surface area (Å²) in [6.45, 7) is 3.38. The fraction of sp³-hybridized carbons (Fsp3) is 0.529. The molecular weight excluding hydrogens is 246 g/mol. The summed E-state index contributed by atoms with van der Waals surface area (Å²) in [4.78, 5) is 0. The zero-order chi connectivity index (χ0) is 13.8.